The maximum absolute atomic E-state index is 10.5. The van der Waals surface area contributed by atoms with Gasteiger partial charge in [0.15, 0.2) is 5.69 Å². The van der Waals surface area contributed by atoms with Gasteiger partial charge in [-0.1, -0.05) is 6.07 Å². The van der Waals surface area contributed by atoms with Crippen LogP contribution in [0.4, 0.5) is 5.69 Å². The summed E-state index contributed by atoms with van der Waals surface area (Å²) >= 11 is 0. The van der Waals surface area contributed by atoms with E-state index in [-0.39, 0.29) is 17.2 Å². The fourth-order valence-corrected chi connectivity index (χ4v) is 1.39. The topological polar surface area (TPSA) is 69.9 Å². The number of fused-ring (bicyclic) bond motifs is 1. The summed E-state index contributed by atoms with van der Waals surface area (Å²) in [6.45, 7) is 0. The third kappa shape index (κ3) is 1.17. The van der Waals surface area contributed by atoms with Crippen LogP contribution in [-0.2, 0) is 0 Å². The SMILES string of the molecule is O=Nc1c(O)ccc2cc(O)ccc12. The summed E-state index contributed by atoms with van der Waals surface area (Å²) in [5.74, 6) is -0.0433. The van der Waals surface area contributed by atoms with Crippen LogP contribution >= 0.6 is 0 Å². The van der Waals surface area contributed by atoms with Crippen molar-refractivity contribution in [3.8, 4) is 11.5 Å². The van der Waals surface area contributed by atoms with Gasteiger partial charge in [0.2, 0.25) is 0 Å². The molecule has 0 aromatic heterocycles. The molecule has 0 amide bonds. The smallest absolute Gasteiger partial charge is 0.157 e. The molecule has 0 bridgehead atoms. The minimum atomic E-state index is -0.154. The number of aromatic hydroxyl groups is 2. The van der Waals surface area contributed by atoms with Gasteiger partial charge in [-0.3, -0.25) is 0 Å². The highest BCUT2D eigenvalue weighted by molar-refractivity contribution is 5.95. The average molecular weight is 189 g/mol. The van der Waals surface area contributed by atoms with E-state index in [1.165, 1.54) is 18.2 Å². The zero-order valence-electron chi connectivity index (χ0n) is 7.14. The molecule has 0 aliphatic heterocycles. The zero-order chi connectivity index (χ0) is 10.1. The molecule has 0 heterocycles. The van der Waals surface area contributed by atoms with Gasteiger partial charge in [-0.25, -0.2) is 0 Å². The molecular weight excluding hydrogens is 182 g/mol. The zero-order valence-corrected chi connectivity index (χ0v) is 7.14. The summed E-state index contributed by atoms with van der Waals surface area (Å²) in [6.07, 6.45) is 0. The highest BCUT2D eigenvalue weighted by Gasteiger charge is 2.07. The number of phenolic OH excluding ortho intramolecular Hbond substituents is 2. The van der Waals surface area contributed by atoms with Crippen molar-refractivity contribution in [1.82, 2.24) is 0 Å². The van der Waals surface area contributed by atoms with Gasteiger partial charge in [-0.15, -0.1) is 4.91 Å². The van der Waals surface area contributed by atoms with Crippen LogP contribution < -0.4 is 0 Å². The number of rotatable bonds is 1. The molecule has 70 valence electrons. The van der Waals surface area contributed by atoms with Gasteiger partial charge in [-0.05, 0) is 34.8 Å². The molecule has 0 saturated carbocycles. The highest BCUT2D eigenvalue weighted by Crippen LogP contribution is 2.35. The quantitative estimate of drug-likeness (QED) is 0.677. The van der Waals surface area contributed by atoms with E-state index in [4.69, 9.17) is 0 Å². The first-order chi connectivity index (χ1) is 6.72. The van der Waals surface area contributed by atoms with Crippen LogP contribution in [0.1, 0.15) is 0 Å². The van der Waals surface area contributed by atoms with Gasteiger partial charge < -0.3 is 10.2 Å². The van der Waals surface area contributed by atoms with Crippen molar-refractivity contribution in [3.05, 3.63) is 35.2 Å². The van der Waals surface area contributed by atoms with E-state index in [0.717, 1.165) is 0 Å². The largest absolute Gasteiger partial charge is 0.508 e. The van der Waals surface area contributed by atoms with Gasteiger partial charge in [0.25, 0.3) is 0 Å². The summed E-state index contributed by atoms with van der Waals surface area (Å²) in [5, 5.41) is 22.4. The Morgan fingerprint density at radius 1 is 1.07 bits per heavy atom. The van der Waals surface area contributed by atoms with E-state index < -0.39 is 0 Å². The van der Waals surface area contributed by atoms with Crippen LogP contribution in [-0.4, -0.2) is 10.2 Å². The van der Waals surface area contributed by atoms with Crippen molar-refractivity contribution in [1.29, 1.82) is 0 Å². The van der Waals surface area contributed by atoms with Crippen LogP contribution in [0.25, 0.3) is 10.8 Å². The number of hydrogen-bond donors (Lipinski definition) is 2. The van der Waals surface area contributed by atoms with Gasteiger partial charge in [-0.2, -0.15) is 0 Å². The predicted octanol–water partition coefficient (Wildman–Crippen LogP) is 2.65. The fourth-order valence-electron chi connectivity index (χ4n) is 1.39. The van der Waals surface area contributed by atoms with E-state index in [2.05, 4.69) is 5.18 Å². The van der Waals surface area contributed by atoms with Gasteiger partial charge in [0.1, 0.15) is 11.5 Å². The Bertz CT molecular complexity index is 508. The summed E-state index contributed by atoms with van der Waals surface area (Å²) < 4.78 is 0. The molecule has 0 fully saturated rings. The Morgan fingerprint density at radius 2 is 1.86 bits per heavy atom. The molecule has 4 nitrogen and oxygen atoms in total. The van der Waals surface area contributed by atoms with Gasteiger partial charge in [0, 0.05) is 5.39 Å². The molecule has 2 aromatic rings. The van der Waals surface area contributed by atoms with Crippen molar-refractivity contribution in [2.45, 2.75) is 0 Å². The van der Waals surface area contributed by atoms with E-state index in [1.807, 2.05) is 0 Å². The Balaban J connectivity index is 2.88. The molecule has 0 radical (unpaired) electrons. The number of hydrogen-bond acceptors (Lipinski definition) is 4. The van der Waals surface area contributed by atoms with Gasteiger partial charge in [0.05, 0.1) is 0 Å². The second-order valence-corrected chi connectivity index (χ2v) is 2.93. The average Bonchev–Trinajstić information content (AvgIpc) is 2.18. The molecule has 0 spiro atoms. The molecular formula is C10H7NO3. The normalized spacial score (nSPS) is 10.3. The van der Waals surface area contributed by atoms with E-state index >= 15 is 0 Å². The third-order valence-electron chi connectivity index (χ3n) is 2.04. The predicted molar refractivity (Wildman–Crippen MR) is 52.7 cm³/mol. The van der Waals surface area contributed by atoms with Gasteiger partial charge >= 0.3 is 0 Å². The van der Waals surface area contributed by atoms with E-state index in [1.54, 1.807) is 12.1 Å². The minimum absolute atomic E-state index is 0.00231. The summed E-state index contributed by atoms with van der Waals surface area (Å²) in [4.78, 5) is 10.5. The lowest BCUT2D eigenvalue weighted by Gasteiger charge is -2.02. The number of nitrogens with zero attached hydrogens (tertiary/aromatic N) is 1. The van der Waals surface area contributed by atoms with Crippen LogP contribution in [0.2, 0.25) is 0 Å². The lowest BCUT2D eigenvalue weighted by atomic mass is 10.1. The summed E-state index contributed by atoms with van der Waals surface area (Å²) in [6, 6.07) is 7.47. The lowest BCUT2D eigenvalue weighted by Crippen LogP contribution is -1.74. The third-order valence-corrected chi connectivity index (χ3v) is 2.04. The van der Waals surface area contributed by atoms with Crippen LogP contribution in [0.15, 0.2) is 35.5 Å². The first-order valence-electron chi connectivity index (χ1n) is 4.00. The van der Waals surface area contributed by atoms with Crippen molar-refractivity contribution in [2.24, 2.45) is 5.18 Å². The molecule has 2 N–H and O–H groups in total. The number of benzene rings is 2. The standard InChI is InChI=1S/C10H7NO3/c12-7-2-3-8-6(5-7)1-4-9(13)10(8)11-14/h1-5,12-13H. The van der Waals surface area contributed by atoms with Crippen LogP contribution in [0.3, 0.4) is 0 Å². The molecule has 0 saturated heterocycles. The second kappa shape index (κ2) is 2.99. The van der Waals surface area contributed by atoms with Crippen molar-refractivity contribution >= 4 is 16.5 Å². The van der Waals surface area contributed by atoms with Crippen molar-refractivity contribution < 1.29 is 10.2 Å². The maximum atomic E-state index is 10.5. The molecule has 2 aromatic carbocycles. The fraction of sp³-hybridized carbons (Fsp3) is 0. The minimum Gasteiger partial charge on any atom is -0.508 e. The van der Waals surface area contributed by atoms with E-state index in [9.17, 15) is 15.1 Å². The number of nitroso groups, excluding NO2 is 1. The second-order valence-electron chi connectivity index (χ2n) is 2.93. The Kier molecular flexibility index (Phi) is 1.81. The molecule has 0 unspecified atom stereocenters. The van der Waals surface area contributed by atoms with E-state index in [0.29, 0.717) is 10.8 Å². The first kappa shape index (κ1) is 8.50. The Morgan fingerprint density at radius 3 is 2.57 bits per heavy atom. The molecule has 4 heteroatoms. The summed E-state index contributed by atoms with van der Waals surface area (Å²) in [7, 11) is 0. The Labute approximate surface area is 79.4 Å². The first-order valence-corrected chi connectivity index (χ1v) is 4.00. The molecule has 0 atom stereocenters. The monoisotopic (exact) mass is 189 g/mol. The van der Waals surface area contributed by atoms with Crippen molar-refractivity contribution in [2.75, 3.05) is 0 Å². The van der Waals surface area contributed by atoms with Crippen molar-refractivity contribution in [3.63, 3.8) is 0 Å². The highest BCUT2D eigenvalue weighted by atomic mass is 16.3. The molecule has 14 heavy (non-hydrogen) atoms. The lowest BCUT2D eigenvalue weighted by molar-refractivity contribution is 0.474. The Hall–Kier alpha value is -2.10. The molecule has 2 rings (SSSR count). The molecule has 0 aliphatic rings. The summed E-state index contributed by atoms with van der Waals surface area (Å²) in [5.41, 5.74) is 0.00231. The van der Waals surface area contributed by atoms with Crippen LogP contribution in [0.5, 0.6) is 11.5 Å². The molecule has 0 aliphatic carbocycles. The maximum Gasteiger partial charge on any atom is 0.157 e. The van der Waals surface area contributed by atoms with Crippen LogP contribution in [0, 0.1) is 4.91 Å². The number of phenols is 2.